The highest BCUT2D eigenvalue weighted by atomic mass is 79.9. The first-order chi connectivity index (χ1) is 10.8. The third kappa shape index (κ3) is 3.83. The Morgan fingerprint density at radius 3 is 1.91 bits per heavy atom. The molecule has 2 heteroatoms. The molecular weight excluding hydrogens is 356 g/mol. The molecule has 0 spiro atoms. The average Bonchev–Trinajstić information content (AvgIpc) is 2.57. The summed E-state index contributed by atoms with van der Waals surface area (Å²) in [7, 11) is 0. The van der Waals surface area contributed by atoms with Gasteiger partial charge in [-0.1, -0.05) is 70.0 Å². The van der Waals surface area contributed by atoms with Crippen LogP contribution in [0.25, 0.3) is 11.1 Å². The van der Waals surface area contributed by atoms with E-state index >= 15 is 0 Å². The number of halogens is 2. The van der Waals surface area contributed by atoms with E-state index in [1.165, 1.54) is 42.4 Å². The minimum Gasteiger partial charge on any atom is -0.0933 e. The topological polar surface area (TPSA) is 0 Å². The van der Waals surface area contributed by atoms with E-state index in [0.29, 0.717) is 11.8 Å². The smallest absolute Gasteiger partial charge is 0.0175 e. The van der Waals surface area contributed by atoms with Crippen molar-refractivity contribution in [2.24, 2.45) is 5.92 Å². The molecule has 0 aliphatic heterocycles. The number of hydrogen-bond acceptors (Lipinski definition) is 0. The van der Waals surface area contributed by atoms with E-state index in [4.69, 9.17) is 11.6 Å². The molecule has 0 N–H and O–H groups in total. The SMILES string of the molecule is Cl/C=C/C1CCC(c2ccc(-c3ccc(Br)cc3)cc2)CC1. The van der Waals surface area contributed by atoms with Crippen LogP contribution in [0, 0.1) is 5.92 Å². The second-order valence-corrected chi connectivity index (χ2v) is 7.23. The summed E-state index contributed by atoms with van der Waals surface area (Å²) in [5.74, 6) is 1.38. The lowest BCUT2D eigenvalue weighted by Gasteiger charge is -2.27. The maximum Gasteiger partial charge on any atom is 0.0175 e. The van der Waals surface area contributed by atoms with Gasteiger partial charge < -0.3 is 0 Å². The van der Waals surface area contributed by atoms with Crippen LogP contribution in [0.2, 0.25) is 0 Å². The van der Waals surface area contributed by atoms with Gasteiger partial charge in [-0.05, 0) is 66.3 Å². The van der Waals surface area contributed by atoms with E-state index in [2.05, 4.69) is 70.5 Å². The molecule has 1 aliphatic carbocycles. The van der Waals surface area contributed by atoms with Gasteiger partial charge in [-0.25, -0.2) is 0 Å². The first-order valence-electron chi connectivity index (χ1n) is 7.89. The van der Waals surface area contributed by atoms with Crippen molar-refractivity contribution in [2.45, 2.75) is 31.6 Å². The van der Waals surface area contributed by atoms with Gasteiger partial charge in [0, 0.05) is 10.0 Å². The maximum absolute atomic E-state index is 5.69. The zero-order valence-electron chi connectivity index (χ0n) is 12.5. The molecule has 2 aromatic rings. The van der Waals surface area contributed by atoms with Crippen LogP contribution in [0.1, 0.15) is 37.2 Å². The molecule has 0 bridgehead atoms. The normalized spacial score (nSPS) is 22.1. The van der Waals surface area contributed by atoms with Gasteiger partial charge in [0.2, 0.25) is 0 Å². The molecule has 0 heterocycles. The Morgan fingerprint density at radius 2 is 1.36 bits per heavy atom. The van der Waals surface area contributed by atoms with Crippen molar-refractivity contribution in [3.05, 3.63) is 70.2 Å². The molecule has 0 nitrogen and oxygen atoms in total. The van der Waals surface area contributed by atoms with Gasteiger partial charge >= 0.3 is 0 Å². The predicted octanol–water partition coefficient (Wildman–Crippen LogP) is 7.14. The predicted molar refractivity (Wildman–Crippen MR) is 99.3 cm³/mol. The zero-order chi connectivity index (χ0) is 15.4. The first-order valence-corrected chi connectivity index (χ1v) is 9.12. The Balaban J connectivity index is 1.68. The van der Waals surface area contributed by atoms with Crippen molar-refractivity contribution in [1.29, 1.82) is 0 Å². The van der Waals surface area contributed by atoms with Crippen LogP contribution in [0.4, 0.5) is 0 Å². The van der Waals surface area contributed by atoms with E-state index in [1.807, 2.05) is 0 Å². The number of rotatable bonds is 3. The molecular formula is C20H20BrCl. The van der Waals surface area contributed by atoms with Gasteiger partial charge in [0.05, 0.1) is 0 Å². The summed E-state index contributed by atoms with van der Waals surface area (Å²) in [5.41, 5.74) is 5.72. The van der Waals surface area contributed by atoms with Crippen LogP contribution < -0.4 is 0 Å². The lowest BCUT2D eigenvalue weighted by Crippen LogP contribution is -2.11. The third-order valence-corrected chi connectivity index (χ3v) is 5.35. The minimum atomic E-state index is 0.677. The monoisotopic (exact) mass is 374 g/mol. The van der Waals surface area contributed by atoms with Crippen molar-refractivity contribution >= 4 is 27.5 Å². The third-order valence-electron chi connectivity index (χ3n) is 4.68. The summed E-state index contributed by atoms with van der Waals surface area (Å²) in [6.07, 6.45) is 7.19. The summed E-state index contributed by atoms with van der Waals surface area (Å²) >= 11 is 9.17. The van der Waals surface area contributed by atoms with E-state index in [-0.39, 0.29) is 0 Å². The van der Waals surface area contributed by atoms with E-state index in [0.717, 1.165) is 4.47 Å². The van der Waals surface area contributed by atoms with Gasteiger partial charge in [-0.3, -0.25) is 0 Å². The van der Waals surface area contributed by atoms with Crippen LogP contribution in [0.15, 0.2) is 64.6 Å². The molecule has 1 aliphatic rings. The quantitative estimate of drug-likeness (QED) is 0.534. The lowest BCUT2D eigenvalue weighted by atomic mass is 9.78. The number of allylic oxidation sites excluding steroid dienone is 1. The molecule has 0 amide bonds. The van der Waals surface area contributed by atoms with Gasteiger partial charge in [0.1, 0.15) is 0 Å². The van der Waals surface area contributed by atoms with Crippen LogP contribution in [-0.4, -0.2) is 0 Å². The minimum absolute atomic E-state index is 0.677. The second-order valence-electron chi connectivity index (χ2n) is 6.06. The molecule has 0 unspecified atom stereocenters. The average molecular weight is 376 g/mol. The largest absolute Gasteiger partial charge is 0.0933 e. The fourth-order valence-corrected chi connectivity index (χ4v) is 3.81. The van der Waals surface area contributed by atoms with E-state index in [9.17, 15) is 0 Å². The van der Waals surface area contributed by atoms with E-state index < -0.39 is 0 Å². The highest BCUT2D eigenvalue weighted by Crippen LogP contribution is 2.37. The Kier molecular flexibility index (Phi) is 5.38. The summed E-state index contributed by atoms with van der Waals surface area (Å²) in [6.45, 7) is 0. The Hall–Kier alpha value is -1.05. The fourth-order valence-electron chi connectivity index (χ4n) is 3.34. The van der Waals surface area contributed by atoms with Crippen molar-refractivity contribution < 1.29 is 0 Å². The van der Waals surface area contributed by atoms with Crippen molar-refractivity contribution in [1.82, 2.24) is 0 Å². The summed E-state index contributed by atoms with van der Waals surface area (Å²) in [6, 6.07) is 17.6. The highest BCUT2D eigenvalue weighted by Gasteiger charge is 2.20. The zero-order valence-corrected chi connectivity index (χ0v) is 14.9. The maximum atomic E-state index is 5.69. The lowest BCUT2D eigenvalue weighted by molar-refractivity contribution is 0.376. The fraction of sp³-hybridized carbons (Fsp3) is 0.300. The van der Waals surface area contributed by atoms with Gasteiger partial charge in [0.15, 0.2) is 0 Å². The molecule has 22 heavy (non-hydrogen) atoms. The molecule has 0 atom stereocenters. The number of hydrogen-bond donors (Lipinski definition) is 0. The molecule has 0 aromatic heterocycles. The van der Waals surface area contributed by atoms with Crippen LogP contribution in [-0.2, 0) is 0 Å². The standard InChI is InChI=1S/C20H20BrCl/c21-20-11-9-19(10-12-20)18-7-5-17(6-8-18)16-3-1-15(2-4-16)13-14-22/h5-16H,1-4H2/b14-13+. The van der Waals surface area contributed by atoms with Gasteiger partial charge in [-0.2, -0.15) is 0 Å². The van der Waals surface area contributed by atoms with Crippen molar-refractivity contribution in [3.8, 4) is 11.1 Å². The molecule has 2 aromatic carbocycles. The van der Waals surface area contributed by atoms with Crippen LogP contribution >= 0.6 is 27.5 Å². The van der Waals surface area contributed by atoms with Crippen molar-refractivity contribution in [2.75, 3.05) is 0 Å². The highest BCUT2D eigenvalue weighted by molar-refractivity contribution is 9.10. The summed E-state index contributed by atoms with van der Waals surface area (Å²) in [5, 5.41) is 0. The molecule has 0 radical (unpaired) electrons. The molecule has 1 fully saturated rings. The Labute approximate surface area is 146 Å². The van der Waals surface area contributed by atoms with Crippen molar-refractivity contribution in [3.63, 3.8) is 0 Å². The number of benzene rings is 2. The van der Waals surface area contributed by atoms with Crippen LogP contribution in [0.5, 0.6) is 0 Å². The Bertz CT molecular complexity index is 620. The molecule has 3 rings (SSSR count). The van der Waals surface area contributed by atoms with E-state index in [1.54, 1.807) is 5.54 Å². The second kappa shape index (κ2) is 7.48. The Morgan fingerprint density at radius 1 is 0.818 bits per heavy atom. The van der Waals surface area contributed by atoms with Gasteiger partial charge in [-0.15, -0.1) is 0 Å². The first kappa shape index (κ1) is 15.8. The van der Waals surface area contributed by atoms with Crippen LogP contribution in [0.3, 0.4) is 0 Å². The summed E-state index contributed by atoms with van der Waals surface area (Å²) in [4.78, 5) is 0. The molecule has 114 valence electrons. The van der Waals surface area contributed by atoms with Gasteiger partial charge in [0.25, 0.3) is 0 Å². The summed E-state index contributed by atoms with van der Waals surface area (Å²) < 4.78 is 1.12. The molecule has 1 saturated carbocycles. The molecule has 0 saturated heterocycles.